The predicted octanol–water partition coefficient (Wildman–Crippen LogP) is 4.17. The molecule has 1 amide bonds. The number of aromatic nitrogens is 2. The summed E-state index contributed by atoms with van der Waals surface area (Å²) in [5.74, 6) is 0.0849. The Morgan fingerprint density at radius 2 is 2.15 bits per heavy atom. The highest BCUT2D eigenvalue weighted by Gasteiger charge is 2.13. The zero-order chi connectivity index (χ0) is 14.5. The Hall–Kier alpha value is -1.59. The molecule has 0 spiro atoms. The van der Waals surface area contributed by atoms with Crippen LogP contribution in [-0.2, 0) is 4.79 Å². The van der Waals surface area contributed by atoms with E-state index < -0.39 is 0 Å². The van der Waals surface area contributed by atoms with Crippen molar-refractivity contribution < 1.29 is 9.21 Å². The molecule has 106 valence electrons. The maximum atomic E-state index is 11.5. The van der Waals surface area contributed by atoms with Crippen LogP contribution in [-0.4, -0.2) is 16.1 Å². The first-order valence-corrected chi connectivity index (χ1v) is 6.94. The average Bonchev–Trinajstić information content (AvgIpc) is 2.84. The molecule has 0 radical (unpaired) electrons. The first-order chi connectivity index (χ1) is 9.60. The van der Waals surface area contributed by atoms with Gasteiger partial charge in [-0.25, -0.2) is 0 Å². The van der Waals surface area contributed by atoms with Crippen LogP contribution >= 0.6 is 23.2 Å². The summed E-state index contributed by atoms with van der Waals surface area (Å²) in [6.07, 6.45) is 2.19. The molecule has 1 N–H and O–H groups in total. The number of rotatable bonds is 5. The summed E-state index contributed by atoms with van der Waals surface area (Å²) in [5.41, 5.74) is 0.567. The van der Waals surface area contributed by atoms with Gasteiger partial charge in [0, 0.05) is 11.4 Å². The molecule has 0 fully saturated rings. The minimum atomic E-state index is -0.149. The van der Waals surface area contributed by atoms with E-state index in [1.807, 2.05) is 6.92 Å². The first kappa shape index (κ1) is 14.8. The Morgan fingerprint density at radius 3 is 2.85 bits per heavy atom. The van der Waals surface area contributed by atoms with Crippen molar-refractivity contribution in [3.8, 4) is 11.5 Å². The molecule has 0 saturated heterocycles. The number of carbonyl (C=O) groups is 1. The largest absolute Gasteiger partial charge is 0.403 e. The van der Waals surface area contributed by atoms with Gasteiger partial charge in [0.05, 0.1) is 10.6 Å². The molecule has 5 nitrogen and oxygen atoms in total. The highest BCUT2D eigenvalue weighted by molar-refractivity contribution is 6.36. The normalized spacial score (nSPS) is 10.6. The molecule has 0 aliphatic heterocycles. The average molecular weight is 314 g/mol. The third-order valence-electron chi connectivity index (χ3n) is 2.59. The van der Waals surface area contributed by atoms with Crippen molar-refractivity contribution in [3.63, 3.8) is 0 Å². The van der Waals surface area contributed by atoms with Gasteiger partial charge in [-0.1, -0.05) is 41.6 Å². The maximum absolute atomic E-state index is 11.5. The second-order valence-electron chi connectivity index (χ2n) is 4.19. The first-order valence-electron chi connectivity index (χ1n) is 6.19. The summed E-state index contributed by atoms with van der Waals surface area (Å²) in [5, 5.41) is 11.1. The van der Waals surface area contributed by atoms with Gasteiger partial charge >= 0.3 is 6.01 Å². The van der Waals surface area contributed by atoms with Gasteiger partial charge in [0.15, 0.2) is 0 Å². The van der Waals surface area contributed by atoms with Crippen molar-refractivity contribution >= 4 is 35.1 Å². The molecule has 0 unspecified atom stereocenters. The van der Waals surface area contributed by atoms with E-state index in [9.17, 15) is 4.79 Å². The lowest BCUT2D eigenvalue weighted by Gasteiger charge is -2.00. The highest BCUT2D eigenvalue weighted by atomic mass is 35.5. The van der Waals surface area contributed by atoms with Crippen LogP contribution in [0.5, 0.6) is 0 Å². The Bertz CT molecular complexity index is 613. The Labute approximate surface area is 126 Å². The number of carbonyl (C=O) groups excluding carboxylic acids is 1. The van der Waals surface area contributed by atoms with Gasteiger partial charge in [-0.05, 0) is 24.6 Å². The standard InChI is InChI=1S/C13H13Cl2N3O2/c1-2-3-4-11(19)16-13-18-17-12(20-13)9-6-5-8(14)7-10(9)15/h5-7H,2-4H2,1H3,(H,16,18,19). The molecule has 2 aromatic rings. The van der Waals surface area contributed by atoms with Crippen LogP contribution in [0.15, 0.2) is 22.6 Å². The van der Waals surface area contributed by atoms with E-state index in [4.69, 9.17) is 27.6 Å². The van der Waals surface area contributed by atoms with Crippen molar-refractivity contribution in [2.45, 2.75) is 26.2 Å². The smallest absolute Gasteiger partial charge is 0.322 e. The van der Waals surface area contributed by atoms with Crippen LogP contribution in [0.2, 0.25) is 10.0 Å². The van der Waals surface area contributed by atoms with E-state index in [-0.39, 0.29) is 17.8 Å². The molecule has 0 aliphatic carbocycles. The van der Waals surface area contributed by atoms with Gasteiger partial charge in [-0.3, -0.25) is 10.1 Å². The van der Waals surface area contributed by atoms with Crippen molar-refractivity contribution in [3.05, 3.63) is 28.2 Å². The van der Waals surface area contributed by atoms with Crippen LogP contribution < -0.4 is 5.32 Å². The molecule has 1 aromatic carbocycles. The van der Waals surface area contributed by atoms with Crippen LogP contribution in [0.1, 0.15) is 26.2 Å². The Morgan fingerprint density at radius 1 is 1.35 bits per heavy atom. The van der Waals surface area contributed by atoms with Gasteiger partial charge in [0.1, 0.15) is 0 Å². The molecule has 1 aromatic heterocycles. The van der Waals surface area contributed by atoms with Crippen molar-refractivity contribution in [1.82, 2.24) is 10.2 Å². The number of unbranched alkanes of at least 4 members (excludes halogenated alkanes) is 1. The van der Waals surface area contributed by atoms with Crippen molar-refractivity contribution in [1.29, 1.82) is 0 Å². The Kier molecular flexibility index (Phi) is 4.98. The molecule has 0 saturated carbocycles. The van der Waals surface area contributed by atoms with Crippen molar-refractivity contribution in [2.75, 3.05) is 5.32 Å². The lowest BCUT2D eigenvalue weighted by molar-refractivity contribution is -0.116. The number of hydrogen-bond donors (Lipinski definition) is 1. The van der Waals surface area contributed by atoms with Crippen molar-refractivity contribution in [2.24, 2.45) is 0 Å². The quantitative estimate of drug-likeness (QED) is 0.899. The van der Waals surface area contributed by atoms with Gasteiger partial charge < -0.3 is 4.42 Å². The fraction of sp³-hybridized carbons (Fsp3) is 0.308. The lowest BCUT2D eigenvalue weighted by atomic mass is 10.2. The SMILES string of the molecule is CCCCC(=O)Nc1nnc(-c2ccc(Cl)cc2Cl)o1. The van der Waals surface area contributed by atoms with Crippen LogP contribution in [0.4, 0.5) is 6.01 Å². The summed E-state index contributed by atoms with van der Waals surface area (Å²) in [7, 11) is 0. The van der Waals surface area contributed by atoms with Gasteiger partial charge in [0.2, 0.25) is 5.91 Å². The van der Waals surface area contributed by atoms with Crippen LogP contribution in [0.3, 0.4) is 0 Å². The number of nitrogens with zero attached hydrogens (tertiary/aromatic N) is 2. The zero-order valence-electron chi connectivity index (χ0n) is 10.8. The number of hydrogen-bond acceptors (Lipinski definition) is 4. The summed E-state index contributed by atoms with van der Waals surface area (Å²) in [4.78, 5) is 11.5. The molecular weight excluding hydrogens is 301 g/mol. The fourth-order valence-electron chi connectivity index (χ4n) is 1.56. The summed E-state index contributed by atoms with van der Waals surface area (Å²) in [6.45, 7) is 2.01. The van der Waals surface area contributed by atoms with E-state index in [2.05, 4.69) is 15.5 Å². The molecule has 20 heavy (non-hydrogen) atoms. The molecule has 0 atom stereocenters. The fourth-order valence-corrected chi connectivity index (χ4v) is 2.05. The molecule has 0 aliphatic rings. The number of halogens is 2. The molecule has 0 bridgehead atoms. The second-order valence-corrected chi connectivity index (χ2v) is 5.03. The number of benzene rings is 1. The minimum absolute atomic E-state index is 0.0621. The number of nitrogens with one attached hydrogen (secondary N) is 1. The number of amides is 1. The highest BCUT2D eigenvalue weighted by Crippen LogP contribution is 2.30. The van der Waals surface area contributed by atoms with Gasteiger partial charge in [-0.15, -0.1) is 5.10 Å². The van der Waals surface area contributed by atoms with E-state index >= 15 is 0 Å². The van der Waals surface area contributed by atoms with E-state index in [0.717, 1.165) is 12.8 Å². The maximum Gasteiger partial charge on any atom is 0.322 e. The third-order valence-corrected chi connectivity index (χ3v) is 3.14. The summed E-state index contributed by atoms with van der Waals surface area (Å²) >= 11 is 11.9. The molecule has 2 rings (SSSR count). The Balaban J connectivity index is 2.10. The van der Waals surface area contributed by atoms with E-state index in [0.29, 0.717) is 22.0 Å². The van der Waals surface area contributed by atoms with Crippen LogP contribution in [0.25, 0.3) is 11.5 Å². The lowest BCUT2D eigenvalue weighted by Crippen LogP contribution is -2.11. The van der Waals surface area contributed by atoms with E-state index in [1.54, 1.807) is 18.2 Å². The molecular formula is C13H13Cl2N3O2. The monoisotopic (exact) mass is 313 g/mol. The van der Waals surface area contributed by atoms with Gasteiger partial charge in [-0.2, -0.15) is 0 Å². The predicted molar refractivity (Wildman–Crippen MR) is 77.9 cm³/mol. The topological polar surface area (TPSA) is 68.0 Å². The molecule has 1 heterocycles. The van der Waals surface area contributed by atoms with Gasteiger partial charge in [0.25, 0.3) is 5.89 Å². The summed E-state index contributed by atoms with van der Waals surface area (Å²) in [6, 6.07) is 5.00. The van der Waals surface area contributed by atoms with Crippen LogP contribution in [0, 0.1) is 0 Å². The van der Waals surface area contributed by atoms with E-state index in [1.165, 1.54) is 0 Å². The summed E-state index contributed by atoms with van der Waals surface area (Å²) < 4.78 is 5.36. The minimum Gasteiger partial charge on any atom is -0.403 e. The third kappa shape index (κ3) is 3.71. The number of anilines is 1. The zero-order valence-corrected chi connectivity index (χ0v) is 12.3. The second kappa shape index (κ2) is 6.72. The molecule has 7 heteroatoms.